The fraction of sp³-hybridized carbons (Fsp3) is 0.767. The van der Waals surface area contributed by atoms with Crippen LogP contribution >= 0.6 is 0 Å². The standard InChI is InChI=1S/C19H30N2.C5H11NO.C5H12.CH2O/c1-19(2)10-8-16(9-11-19)17-6-4-5-7-18(17)21-14-12-20(3)13-15-21;1-6-2-4-7-5-3-6;1-5(2,3)4;1-2/h4-7,16H,8-15H2,1-3H3;2-5H2,1H3;1-4H3;1H2. The Balaban J connectivity index is 0.000000360. The van der Waals surface area contributed by atoms with Crippen molar-refractivity contribution >= 4 is 12.5 Å². The number of piperazine rings is 1. The molecule has 0 aromatic heterocycles. The number of benzene rings is 1. The van der Waals surface area contributed by atoms with E-state index >= 15 is 0 Å². The normalized spacial score (nSPS) is 21.4. The molecular weight excluding hydrogens is 434 g/mol. The molecule has 1 aromatic rings. The maximum absolute atomic E-state index is 8.00. The highest BCUT2D eigenvalue weighted by Crippen LogP contribution is 2.44. The molecule has 5 heteroatoms. The first-order chi connectivity index (χ1) is 16.4. The van der Waals surface area contributed by atoms with Gasteiger partial charge in [-0.25, -0.2) is 0 Å². The first-order valence-corrected chi connectivity index (χ1v) is 13.5. The van der Waals surface area contributed by atoms with Gasteiger partial charge in [-0.2, -0.15) is 0 Å². The van der Waals surface area contributed by atoms with Gasteiger partial charge in [0.1, 0.15) is 6.79 Å². The maximum Gasteiger partial charge on any atom is 0.106 e. The molecule has 0 unspecified atom stereocenters. The van der Waals surface area contributed by atoms with Crippen LogP contribution in [0.1, 0.15) is 78.7 Å². The Kier molecular flexibility index (Phi) is 14.1. The summed E-state index contributed by atoms with van der Waals surface area (Å²) in [6, 6.07) is 9.18. The van der Waals surface area contributed by atoms with Gasteiger partial charge in [0.25, 0.3) is 0 Å². The summed E-state index contributed by atoms with van der Waals surface area (Å²) >= 11 is 0. The number of rotatable bonds is 2. The van der Waals surface area contributed by atoms with Crippen LogP contribution in [0.4, 0.5) is 5.69 Å². The monoisotopic (exact) mass is 489 g/mol. The summed E-state index contributed by atoms with van der Waals surface area (Å²) < 4.78 is 5.10. The number of morpholine rings is 1. The lowest BCUT2D eigenvalue weighted by Crippen LogP contribution is -2.45. The van der Waals surface area contributed by atoms with E-state index in [4.69, 9.17) is 9.53 Å². The molecule has 202 valence electrons. The zero-order valence-electron chi connectivity index (χ0n) is 24.2. The molecule has 1 aliphatic carbocycles. The molecule has 2 heterocycles. The van der Waals surface area contributed by atoms with Gasteiger partial charge in [-0.05, 0) is 68.2 Å². The average Bonchev–Trinajstić information content (AvgIpc) is 2.81. The first-order valence-electron chi connectivity index (χ1n) is 13.5. The van der Waals surface area contributed by atoms with Gasteiger partial charge in [0.15, 0.2) is 0 Å². The second-order valence-corrected chi connectivity index (χ2v) is 12.7. The number of carbonyl (C=O) groups excluding carboxylic acids is 1. The van der Waals surface area contributed by atoms with Gasteiger partial charge in [0.05, 0.1) is 13.2 Å². The van der Waals surface area contributed by atoms with Gasteiger partial charge in [0, 0.05) is 45.0 Å². The van der Waals surface area contributed by atoms with Crippen LogP contribution in [-0.2, 0) is 9.53 Å². The van der Waals surface area contributed by atoms with E-state index in [0.29, 0.717) is 10.8 Å². The van der Waals surface area contributed by atoms with E-state index in [-0.39, 0.29) is 0 Å². The molecule has 1 aromatic carbocycles. The molecule has 0 bridgehead atoms. The Hall–Kier alpha value is -1.43. The summed E-state index contributed by atoms with van der Waals surface area (Å²) in [5.41, 5.74) is 4.17. The Morgan fingerprint density at radius 1 is 0.829 bits per heavy atom. The smallest absolute Gasteiger partial charge is 0.106 e. The zero-order valence-corrected chi connectivity index (χ0v) is 24.2. The van der Waals surface area contributed by atoms with Crippen LogP contribution in [0.25, 0.3) is 0 Å². The number of para-hydroxylation sites is 1. The number of anilines is 1. The quantitative estimate of drug-likeness (QED) is 0.514. The Bertz CT molecular complexity index is 671. The van der Waals surface area contributed by atoms with E-state index in [2.05, 4.69) is 94.6 Å². The van der Waals surface area contributed by atoms with Crippen LogP contribution in [0.3, 0.4) is 0 Å². The van der Waals surface area contributed by atoms with Crippen molar-refractivity contribution < 1.29 is 9.53 Å². The van der Waals surface area contributed by atoms with E-state index in [1.807, 2.05) is 6.79 Å². The van der Waals surface area contributed by atoms with Crippen molar-refractivity contribution in [3.05, 3.63) is 29.8 Å². The summed E-state index contributed by atoms with van der Waals surface area (Å²) in [5, 5.41) is 0. The highest BCUT2D eigenvalue weighted by Gasteiger charge is 2.29. The molecule has 2 aliphatic heterocycles. The van der Waals surface area contributed by atoms with Gasteiger partial charge < -0.3 is 24.2 Å². The molecule has 3 fully saturated rings. The molecule has 1 saturated carbocycles. The summed E-state index contributed by atoms with van der Waals surface area (Å²) in [4.78, 5) is 15.3. The van der Waals surface area contributed by atoms with Gasteiger partial charge in [0.2, 0.25) is 0 Å². The number of ether oxygens (including phenoxy) is 1. The van der Waals surface area contributed by atoms with E-state index < -0.39 is 0 Å². The second kappa shape index (κ2) is 15.6. The van der Waals surface area contributed by atoms with Crippen molar-refractivity contribution in [3.8, 4) is 0 Å². The molecule has 3 aliphatic rings. The summed E-state index contributed by atoms with van der Waals surface area (Å²) in [6.45, 7) is 24.3. The van der Waals surface area contributed by atoms with Crippen LogP contribution in [0.15, 0.2) is 24.3 Å². The number of likely N-dealkylation sites (N-methyl/N-ethyl adjacent to an activating group) is 2. The average molecular weight is 490 g/mol. The Morgan fingerprint density at radius 3 is 1.74 bits per heavy atom. The molecule has 0 radical (unpaired) electrons. The fourth-order valence-corrected chi connectivity index (χ4v) is 4.53. The summed E-state index contributed by atoms with van der Waals surface area (Å²) in [5.74, 6) is 0.772. The molecular formula is C30H55N3O2. The minimum atomic E-state index is 0.500. The number of hydrogen-bond acceptors (Lipinski definition) is 5. The predicted octanol–water partition coefficient (Wildman–Crippen LogP) is 5.94. The highest BCUT2D eigenvalue weighted by molar-refractivity contribution is 5.55. The van der Waals surface area contributed by atoms with E-state index in [0.717, 1.165) is 32.2 Å². The van der Waals surface area contributed by atoms with Gasteiger partial charge in [-0.3, -0.25) is 0 Å². The van der Waals surface area contributed by atoms with Crippen LogP contribution in [0, 0.1) is 10.8 Å². The highest BCUT2D eigenvalue weighted by atomic mass is 16.5. The second-order valence-electron chi connectivity index (χ2n) is 12.7. The van der Waals surface area contributed by atoms with Crippen molar-refractivity contribution in [1.29, 1.82) is 0 Å². The molecule has 35 heavy (non-hydrogen) atoms. The van der Waals surface area contributed by atoms with Gasteiger partial charge in [-0.1, -0.05) is 59.7 Å². The SMILES string of the molecule is C=O.CC(C)(C)C.CN1CCN(c2ccccc2C2CCC(C)(C)CC2)CC1.CN1CCOCC1. The Labute approximate surface area is 217 Å². The molecule has 0 spiro atoms. The molecule has 0 N–H and O–H groups in total. The topological polar surface area (TPSA) is 36.0 Å². The van der Waals surface area contributed by atoms with Crippen LogP contribution < -0.4 is 4.90 Å². The summed E-state index contributed by atoms with van der Waals surface area (Å²) in [7, 11) is 4.34. The van der Waals surface area contributed by atoms with Crippen molar-refractivity contribution in [2.75, 3.05) is 71.5 Å². The number of nitrogens with zero attached hydrogens (tertiary/aromatic N) is 3. The molecule has 0 atom stereocenters. The third-order valence-corrected chi connectivity index (χ3v) is 6.79. The molecule has 2 saturated heterocycles. The molecule has 4 rings (SSSR count). The van der Waals surface area contributed by atoms with Crippen molar-refractivity contribution in [1.82, 2.24) is 9.80 Å². The van der Waals surface area contributed by atoms with Crippen molar-refractivity contribution in [2.45, 2.75) is 73.1 Å². The number of carbonyl (C=O) groups is 1. The summed E-state index contributed by atoms with van der Waals surface area (Å²) in [6.07, 6.45) is 5.46. The molecule has 0 amide bonds. The fourth-order valence-electron chi connectivity index (χ4n) is 4.53. The van der Waals surface area contributed by atoms with Crippen molar-refractivity contribution in [2.24, 2.45) is 10.8 Å². The van der Waals surface area contributed by atoms with E-state index in [1.54, 1.807) is 5.56 Å². The van der Waals surface area contributed by atoms with Crippen LogP contribution in [0.5, 0.6) is 0 Å². The van der Waals surface area contributed by atoms with E-state index in [1.165, 1.54) is 57.5 Å². The predicted molar refractivity (Wildman–Crippen MR) is 152 cm³/mol. The number of hydrogen-bond donors (Lipinski definition) is 0. The maximum atomic E-state index is 8.00. The first kappa shape index (κ1) is 31.6. The largest absolute Gasteiger partial charge is 0.379 e. The van der Waals surface area contributed by atoms with Crippen molar-refractivity contribution in [3.63, 3.8) is 0 Å². The third-order valence-electron chi connectivity index (χ3n) is 6.79. The lowest BCUT2D eigenvalue weighted by molar-refractivity contribution is -0.0980. The Morgan fingerprint density at radius 2 is 1.29 bits per heavy atom. The minimum absolute atomic E-state index is 0.500. The van der Waals surface area contributed by atoms with Gasteiger partial charge in [-0.15, -0.1) is 0 Å². The third kappa shape index (κ3) is 13.5. The van der Waals surface area contributed by atoms with Crippen LogP contribution in [0.2, 0.25) is 0 Å². The zero-order chi connectivity index (χ0) is 26.5. The lowest BCUT2D eigenvalue weighted by Gasteiger charge is -2.39. The van der Waals surface area contributed by atoms with Gasteiger partial charge >= 0.3 is 0 Å². The van der Waals surface area contributed by atoms with Crippen LogP contribution in [-0.4, -0.2) is 83.2 Å². The minimum Gasteiger partial charge on any atom is -0.379 e. The van der Waals surface area contributed by atoms with E-state index in [9.17, 15) is 0 Å². The molecule has 5 nitrogen and oxygen atoms in total. The lowest BCUT2D eigenvalue weighted by atomic mass is 9.71.